The number of rotatable bonds is 6. The monoisotopic (exact) mass is 476 g/mol. The quantitative estimate of drug-likeness (QED) is 0.268. The molecule has 2 N–H and O–H groups in total. The van der Waals surface area contributed by atoms with Crippen LogP contribution in [0.3, 0.4) is 0 Å². The first-order chi connectivity index (χ1) is 14.2. The van der Waals surface area contributed by atoms with Crippen LogP contribution in [0, 0.1) is 0 Å². The molecule has 0 fully saturated rings. The minimum atomic E-state index is -1.43. The van der Waals surface area contributed by atoms with Gasteiger partial charge in [0.25, 0.3) is 11.8 Å². The van der Waals surface area contributed by atoms with E-state index >= 15 is 0 Å². The van der Waals surface area contributed by atoms with Gasteiger partial charge in [-0.05, 0) is 38.1 Å². The fourth-order valence-corrected chi connectivity index (χ4v) is 1.50. The molecule has 12 nitrogen and oxygen atoms in total. The molecule has 156 valence electrons. The Balaban J connectivity index is 0.000000562. The smallest absolute Gasteiger partial charge is 0.543 e. The first-order valence-corrected chi connectivity index (χ1v) is 8.14. The molecule has 2 aromatic rings. The Morgan fingerprint density at radius 1 is 0.710 bits per heavy atom. The molecule has 0 aliphatic rings. The Morgan fingerprint density at radius 2 is 1.00 bits per heavy atom. The standard InChI is InChI=1S/2C9H9N3O3.Zn/c2*1-6(9(14)15)11-12-8(13)7-2-4-10-5-3-7;/h2*2-5H,1H3,(H,12,13)(H,14,15);/q;;+2/p-2/b2*11-6-;. The summed E-state index contributed by atoms with van der Waals surface area (Å²) in [5.74, 6) is -3.86. The molecular weight excluding hydrogens is 462 g/mol. The van der Waals surface area contributed by atoms with Crippen LogP contribution in [0.4, 0.5) is 0 Å². The molecule has 0 saturated heterocycles. The van der Waals surface area contributed by atoms with Crippen molar-refractivity contribution < 1.29 is 48.9 Å². The van der Waals surface area contributed by atoms with Crippen molar-refractivity contribution in [3.63, 3.8) is 0 Å². The van der Waals surface area contributed by atoms with Gasteiger partial charge in [0.15, 0.2) is 0 Å². The maximum absolute atomic E-state index is 11.3. The molecule has 0 spiro atoms. The largest absolute Gasteiger partial charge is 2.00 e. The molecule has 13 heteroatoms. The summed E-state index contributed by atoms with van der Waals surface area (Å²) in [4.78, 5) is 50.6. The van der Waals surface area contributed by atoms with E-state index in [2.05, 4.69) is 31.0 Å². The van der Waals surface area contributed by atoms with Crippen molar-refractivity contribution in [2.75, 3.05) is 0 Å². The van der Waals surface area contributed by atoms with Crippen LogP contribution in [0.1, 0.15) is 34.6 Å². The second kappa shape index (κ2) is 14.2. The summed E-state index contributed by atoms with van der Waals surface area (Å²) in [6.45, 7) is 2.45. The van der Waals surface area contributed by atoms with Gasteiger partial charge in [-0.3, -0.25) is 19.6 Å². The first kappa shape index (κ1) is 27.1. The van der Waals surface area contributed by atoms with Crippen LogP contribution in [0.15, 0.2) is 59.3 Å². The minimum absolute atomic E-state index is 0. The zero-order valence-corrected chi connectivity index (χ0v) is 19.5. The fourth-order valence-electron chi connectivity index (χ4n) is 1.50. The molecular formula is C18H16N6O6Zn. The van der Waals surface area contributed by atoms with Crippen LogP contribution in [0.5, 0.6) is 0 Å². The summed E-state index contributed by atoms with van der Waals surface area (Å²) in [6, 6.07) is 5.94. The van der Waals surface area contributed by atoms with Gasteiger partial charge in [-0.15, -0.1) is 0 Å². The van der Waals surface area contributed by atoms with E-state index in [0.29, 0.717) is 11.1 Å². The molecule has 0 saturated carbocycles. The van der Waals surface area contributed by atoms with E-state index in [0.717, 1.165) is 0 Å². The Labute approximate surface area is 189 Å². The number of carboxylic acid groups (broad SMARTS) is 2. The number of carbonyl (C=O) groups excluding carboxylic acids is 4. The van der Waals surface area contributed by atoms with E-state index in [-0.39, 0.29) is 30.9 Å². The Hall–Kier alpha value is -3.86. The molecule has 0 aliphatic carbocycles. The van der Waals surface area contributed by atoms with Gasteiger partial charge >= 0.3 is 19.5 Å². The van der Waals surface area contributed by atoms with Crippen molar-refractivity contribution in [2.24, 2.45) is 10.2 Å². The van der Waals surface area contributed by atoms with Gasteiger partial charge < -0.3 is 19.8 Å². The third kappa shape index (κ3) is 10.5. The maximum Gasteiger partial charge on any atom is 2.00 e. The number of aromatic nitrogens is 2. The number of hydrazone groups is 2. The molecule has 0 unspecified atom stereocenters. The number of hydrogen-bond donors (Lipinski definition) is 2. The van der Waals surface area contributed by atoms with Gasteiger partial charge in [-0.25, -0.2) is 10.9 Å². The molecule has 0 bridgehead atoms. The maximum atomic E-state index is 11.3. The molecule has 2 amide bonds. The average Bonchev–Trinajstić information content (AvgIpc) is 2.76. The van der Waals surface area contributed by atoms with Crippen molar-refractivity contribution in [1.82, 2.24) is 20.8 Å². The van der Waals surface area contributed by atoms with Crippen LogP contribution in [-0.4, -0.2) is 45.1 Å². The van der Waals surface area contributed by atoms with E-state index in [1.807, 2.05) is 0 Å². The molecule has 31 heavy (non-hydrogen) atoms. The minimum Gasteiger partial charge on any atom is -0.543 e. The van der Waals surface area contributed by atoms with Crippen molar-refractivity contribution in [3.05, 3.63) is 60.2 Å². The van der Waals surface area contributed by atoms with Crippen LogP contribution >= 0.6 is 0 Å². The van der Waals surface area contributed by atoms with Crippen molar-refractivity contribution in [3.8, 4) is 0 Å². The van der Waals surface area contributed by atoms with Crippen LogP contribution in [-0.2, 0) is 29.1 Å². The van der Waals surface area contributed by atoms with Crippen molar-refractivity contribution >= 4 is 35.2 Å². The second-order valence-corrected chi connectivity index (χ2v) is 5.32. The van der Waals surface area contributed by atoms with Crippen LogP contribution < -0.4 is 21.1 Å². The van der Waals surface area contributed by atoms with E-state index in [1.165, 1.54) is 62.9 Å². The van der Waals surface area contributed by atoms with E-state index in [1.54, 1.807) is 0 Å². The third-order valence-electron chi connectivity index (χ3n) is 3.13. The summed E-state index contributed by atoms with van der Waals surface area (Å²) in [7, 11) is 0. The normalized spacial score (nSPS) is 10.5. The zero-order valence-electron chi connectivity index (χ0n) is 16.6. The Morgan fingerprint density at radius 3 is 1.26 bits per heavy atom. The number of carboxylic acids is 2. The molecule has 2 heterocycles. The molecule has 0 atom stereocenters. The molecule has 0 radical (unpaired) electrons. The predicted molar refractivity (Wildman–Crippen MR) is 99.6 cm³/mol. The SMILES string of the molecule is C/C(=N/NC(=O)c1ccncc1)C(=O)[O-].C/C(=N/NC(=O)c1ccncc1)C(=O)[O-].[Zn+2]. The number of nitrogens with one attached hydrogen (secondary N) is 2. The van der Waals surface area contributed by atoms with Crippen molar-refractivity contribution in [1.29, 1.82) is 0 Å². The van der Waals surface area contributed by atoms with E-state index in [9.17, 15) is 29.4 Å². The van der Waals surface area contributed by atoms with Gasteiger partial charge in [0.1, 0.15) is 0 Å². The molecule has 0 aromatic carbocycles. The van der Waals surface area contributed by atoms with Crippen molar-refractivity contribution in [2.45, 2.75) is 13.8 Å². The van der Waals surface area contributed by atoms with Gasteiger partial charge in [-0.1, -0.05) is 0 Å². The summed E-state index contributed by atoms with van der Waals surface area (Å²) >= 11 is 0. The summed E-state index contributed by atoms with van der Waals surface area (Å²) in [5, 5.41) is 27.2. The van der Waals surface area contributed by atoms with Gasteiger partial charge in [0.2, 0.25) is 0 Å². The molecule has 0 aliphatic heterocycles. The number of carbonyl (C=O) groups is 4. The fraction of sp³-hybridized carbons (Fsp3) is 0.111. The predicted octanol–water partition coefficient (Wildman–Crippen LogP) is -2.13. The Bertz CT molecular complexity index is 887. The number of aliphatic carboxylic acids is 2. The number of amides is 2. The molecule has 2 aromatic heterocycles. The summed E-state index contributed by atoms with van der Waals surface area (Å²) in [5.41, 5.74) is 4.27. The van der Waals surface area contributed by atoms with Crippen LogP contribution in [0.2, 0.25) is 0 Å². The van der Waals surface area contributed by atoms with E-state index in [4.69, 9.17) is 0 Å². The summed E-state index contributed by atoms with van der Waals surface area (Å²) in [6.07, 6.45) is 5.79. The Kier molecular flexibility index (Phi) is 12.4. The van der Waals surface area contributed by atoms with E-state index < -0.39 is 23.8 Å². The topological polar surface area (TPSA) is 189 Å². The summed E-state index contributed by atoms with van der Waals surface area (Å²) < 4.78 is 0. The molecule has 2 rings (SSSR count). The average molecular weight is 478 g/mol. The zero-order chi connectivity index (χ0) is 22.5. The van der Waals surface area contributed by atoms with Crippen LogP contribution in [0.25, 0.3) is 0 Å². The third-order valence-corrected chi connectivity index (χ3v) is 3.13. The second-order valence-electron chi connectivity index (χ2n) is 5.32. The first-order valence-electron chi connectivity index (χ1n) is 8.14. The number of hydrogen-bond acceptors (Lipinski definition) is 10. The van der Waals surface area contributed by atoms with Gasteiger partial charge in [0.05, 0.1) is 23.4 Å². The van der Waals surface area contributed by atoms with Gasteiger partial charge in [-0.2, -0.15) is 10.2 Å². The number of nitrogens with zero attached hydrogens (tertiary/aromatic N) is 4. The number of pyridine rings is 2. The van der Waals surface area contributed by atoms with Gasteiger partial charge in [0, 0.05) is 35.9 Å².